The number of nitrogens with zero attached hydrogens (tertiary/aromatic N) is 2. The first-order chi connectivity index (χ1) is 7.20. The van der Waals surface area contributed by atoms with Crippen LogP contribution in [-0.4, -0.2) is 22.5 Å². The molecule has 0 aromatic carbocycles. The zero-order chi connectivity index (χ0) is 11.3. The van der Waals surface area contributed by atoms with E-state index in [4.69, 9.17) is 10.5 Å². The zero-order valence-corrected chi connectivity index (χ0v) is 9.81. The summed E-state index contributed by atoms with van der Waals surface area (Å²) in [7, 11) is 1.91. The second-order valence-electron chi connectivity index (χ2n) is 3.69. The Morgan fingerprint density at radius 3 is 2.73 bits per heavy atom. The van der Waals surface area contributed by atoms with Gasteiger partial charge in [-0.1, -0.05) is 13.3 Å². The molecule has 1 aromatic rings. The topological polar surface area (TPSA) is 53.1 Å². The number of rotatable bonds is 6. The second kappa shape index (κ2) is 5.88. The lowest BCUT2D eigenvalue weighted by molar-refractivity contribution is 0.0356. The van der Waals surface area contributed by atoms with Crippen molar-refractivity contribution in [1.29, 1.82) is 0 Å². The summed E-state index contributed by atoms with van der Waals surface area (Å²) in [4.78, 5) is 0. The smallest absolute Gasteiger partial charge is 0.0782 e. The quantitative estimate of drug-likeness (QED) is 0.778. The molecule has 1 heterocycles. The third-order valence-electron chi connectivity index (χ3n) is 2.55. The molecule has 1 rings (SSSR count). The molecule has 0 bridgehead atoms. The van der Waals surface area contributed by atoms with Gasteiger partial charge in [0.25, 0.3) is 0 Å². The van der Waals surface area contributed by atoms with Crippen LogP contribution in [0.5, 0.6) is 0 Å². The number of ether oxygens (including phenoxy) is 1. The Labute approximate surface area is 91.4 Å². The Bertz CT molecular complexity index is 279. The molecule has 86 valence electrons. The number of aryl methyl sites for hydroxylation is 1. The Morgan fingerprint density at radius 1 is 1.53 bits per heavy atom. The van der Waals surface area contributed by atoms with Crippen LogP contribution in [0.3, 0.4) is 0 Å². The van der Waals surface area contributed by atoms with Crippen LogP contribution in [0.2, 0.25) is 0 Å². The maximum Gasteiger partial charge on any atom is 0.0782 e. The first kappa shape index (κ1) is 12.2. The first-order valence-corrected chi connectivity index (χ1v) is 5.55. The van der Waals surface area contributed by atoms with Crippen LogP contribution in [0.15, 0.2) is 12.3 Å². The maximum atomic E-state index is 6.17. The minimum absolute atomic E-state index is 0.0857. The van der Waals surface area contributed by atoms with Crippen LogP contribution >= 0.6 is 0 Å². The van der Waals surface area contributed by atoms with Crippen LogP contribution in [-0.2, 0) is 11.8 Å². The minimum atomic E-state index is -0.0857. The van der Waals surface area contributed by atoms with Crippen molar-refractivity contribution in [3.05, 3.63) is 18.0 Å². The average molecular weight is 211 g/mol. The predicted octanol–water partition coefficient (Wildman–Crippen LogP) is 1.63. The largest absolute Gasteiger partial charge is 0.376 e. The van der Waals surface area contributed by atoms with E-state index in [1.807, 2.05) is 24.7 Å². The third-order valence-corrected chi connectivity index (χ3v) is 2.55. The molecule has 2 atom stereocenters. The Balaban J connectivity index is 2.71. The molecule has 0 aliphatic rings. The molecule has 0 fully saturated rings. The average Bonchev–Trinajstić information content (AvgIpc) is 2.63. The highest BCUT2D eigenvalue weighted by Gasteiger charge is 2.21. The normalized spacial score (nSPS) is 15.2. The van der Waals surface area contributed by atoms with Gasteiger partial charge in [-0.25, -0.2) is 0 Å². The van der Waals surface area contributed by atoms with E-state index >= 15 is 0 Å². The summed E-state index contributed by atoms with van der Waals surface area (Å²) in [6.45, 7) is 4.84. The summed E-state index contributed by atoms with van der Waals surface area (Å²) in [6, 6.07) is 1.86. The third kappa shape index (κ3) is 3.04. The molecule has 0 amide bonds. The van der Waals surface area contributed by atoms with Crippen molar-refractivity contribution in [2.45, 2.75) is 38.8 Å². The fourth-order valence-corrected chi connectivity index (χ4v) is 1.77. The van der Waals surface area contributed by atoms with E-state index in [2.05, 4.69) is 12.0 Å². The minimum Gasteiger partial charge on any atom is -0.376 e. The van der Waals surface area contributed by atoms with Gasteiger partial charge in [0.2, 0.25) is 0 Å². The van der Waals surface area contributed by atoms with E-state index in [0.29, 0.717) is 6.61 Å². The van der Waals surface area contributed by atoms with Gasteiger partial charge in [-0.2, -0.15) is 5.10 Å². The maximum absolute atomic E-state index is 6.17. The molecule has 2 N–H and O–H groups in total. The SMILES string of the molecule is CCCC(OCC)C(N)c1ccnn1C. The lowest BCUT2D eigenvalue weighted by atomic mass is 10.0. The molecule has 15 heavy (non-hydrogen) atoms. The molecule has 0 radical (unpaired) electrons. The van der Waals surface area contributed by atoms with Crippen molar-refractivity contribution < 1.29 is 4.74 Å². The van der Waals surface area contributed by atoms with Crippen LogP contribution in [0, 0.1) is 0 Å². The lowest BCUT2D eigenvalue weighted by Gasteiger charge is -2.23. The summed E-state index contributed by atoms with van der Waals surface area (Å²) in [5, 5.41) is 4.12. The molecular formula is C11H21N3O. The van der Waals surface area contributed by atoms with E-state index in [0.717, 1.165) is 18.5 Å². The van der Waals surface area contributed by atoms with Gasteiger partial charge in [-0.05, 0) is 19.4 Å². The van der Waals surface area contributed by atoms with Crippen LogP contribution in [0.25, 0.3) is 0 Å². The molecule has 0 saturated heterocycles. The van der Waals surface area contributed by atoms with Gasteiger partial charge in [0.1, 0.15) is 0 Å². The van der Waals surface area contributed by atoms with Crippen molar-refractivity contribution in [2.75, 3.05) is 6.61 Å². The summed E-state index contributed by atoms with van der Waals surface area (Å²) < 4.78 is 7.47. The molecule has 0 aliphatic carbocycles. The van der Waals surface area contributed by atoms with Crippen molar-refractivity contribution in [3.63, 3.8) is 0 Å². The summed E-state index contributed by atoms with van der Waals surface area (Å²) in [5.74, 6) is 0. The summed E-state index contributed by atoms with van der Waals surface area (Å²) >= 11 is 0. The fraction of sp³-hybridized carbons (Fsp3) is 0.727. The van der Waals surface area contributed by atoms with Gasteiger partial charge in [0.15, 0.2) is 0 Å². The van der Waals surface area contributed by atoms with E-state index in [1.165, 1.54) is 0 Å². The van der Waals surface area contributed by atoms with E-state index < -0.39 is 0 Å². The van der Waals surface area contributed by atoms with Gasteiger partial charge < -0.3 is 10.5 Å². The predicted molar refractivity (Wildman–Crippen MR) is 60.5 cm³/mol. The standard InChI is InChI=1S/C11H21N3O/c1-4-6-10(15-5-2)11(12)9-7-8-13-14(9)3/h7-8,10-11H,4-6,12H2,1-3H3. The summed E-state index contributed by atoms with van der Waals surface area (Å²) in [6.07, 6.45) is 3.93. The Kier molecular flexibility index (Phi) is 4.78. The number of aromatic nitrogens is 2. The van der Waals surface area contributed by atoms with E-state index in [-0.39, 0.29) is 12.1 Å². The lowest BCUT2D eigenvalue weighted by Crippen LogP contribution is -2.30. The number of hydrogen-bond donors (Lipinski definition) is 1. The monoisotopic (exact) mass is 211 g/mol. The van der Waals surface area contributed by atoms with E-state index in [9.17, 15) is 0 Å². The Morgan fingerprint density at radius 2 is 2.27 bits per heavy atom. The fourth-order valence-electron chi connectivity index (χ4n) is 1.77. The molecule has 4 heteroatoms. The highest BCUT2D eigenvalue weighted by Crippen LogP contribution is 2.19. The number of hydrogen-bond acceptors (Lipinski definition) is 3. The molecule has 2 unspecified atom stereocenters. The van der Waals surface area contributed by atoms with Crippen LogP contribution in [0.4, 0.5) is 0 Å². The number of nitrogens with two attached hydrogens (primary N) is 1. The Hall–Kier alpha value is -0.870. The van der Waals surface area contributed by atoms with Crippen molar-refractivity contribution >= 4 is 0 Å². The second-order valence-corrected chi connectivity index (χ2v) is 3.69. The van der Waals surface area contributed by atoms with Gasteiger partial charge >= 0.3 is 0 Å². The van der Waals surface area contributed by atoms with Gasteiger partial charge in [0, 0.05) is 19.9 Å². The van der Waals surface area contributed by atoms with Crippen molar-refractivity contribution in [3.8, 4) is 0 Å². The molecular weight excluding hydrogens is 190 g/mol. The van der Waals surface area contributed by atoms with Gasteiger partial charge in [0.05, 0.1) is 17.8 Å². The van der Waals surface area contributed by atoms with Gasteiger partial charge in [-0.15, -0.1) is 0 Å². The molecule has 0 aliphatic heterocycles. The first-order valence-electron chi connectivity index (χ1n) is 5.55. The van der Waals surface area contributed by atoms with Gasteiger partial charge in [-0.3, -0.25) is 4.68 Å². The summed E-state index contributed by atoms with van der Waals surface area (Å²) in [5.41, 5.74) is 7.20. The highest BCUT2D eigenvalue weighted by molar-refractivity contribution is 5.07. The highest BCUT2D eigenvalue weighted by atomic mass is 16.5. The van der Waals surface area contributed by atoms with Crippen LogP contribution < -0.4 is 5.73 Å². The molecule has 0 spiro atoms. The molecule has 4 nitrogen and oxygen atoms in total. The van der Waals surface area contributed by atoms with Crippen LogP contribution in [0.1, 0.15) is 38.4 Å². The zero-order valence-electron chi connectivity index (χ0n) is 9.81. The van der Waals surface area contributed by atoms with E-state index in [1.54, 1.807) is 6.20 Å². The van der Waals surface area contributed by atoms with Crippen molar-refractivity contribution in [2.24, 2.45) is 12.8 Å². The van der Waals surface area contributed by atoms with Crippen molar-refractivity contribution in [1.82, 2.24) is 9.78 Å². The molecule has 1 aromatic heterocycles. The molecule has 0 saturated carbocycles.